The van der Waals surface area contributed by atoms with Gasteiger partial charge in [-0.2, -0.15) is 5.10 Å². The van der Waals surface area contributed by atoms with E-state index >= 15 is 0 Å². The lowest BCUT2D eigenvalue weighted by Crippen LogP contribution is -2.31. The molecule has 1 aliphatic heterocycles. The lowest BCUT2D eigenvalue weighted by Gasteiger charge is -2.24. The molecule has 1 fully saturated rings. The summed E-state index contributed by atoms with van der Waals surface area (Å²) in [5, 5.41) is 4.24. The van der Waals surface area contributed by atoms with Crippen LogP contribution in [0.15, 0.2) is 79.4 Å². The Morgan fingerprint density at radius 2 is 1.94 bits per heavy atom. The van der Waals surface area contributed by atoms with Crippen LogP contribution >= 0.6 is 0 Å². The van der Waals surface area contributed by atoms with Crippen LogP contribution in [0.5, 0.6) is 0 Å². The Balaban J connectivity index is 1.34. The van der Waals surface area contributed by atoms with Crippen molar-refractivity contribution in [1.82, 2.24) is 24.6 Å². The highest BCUT2D eigenvalue weighted by atomic mass is 19.1. The zero-order valence-electron chi connectivity index (χ0n) is 18.1. The van der Waals surface area contributed by atoms with Crippen LogP contribution in [0.4, 0.5) is 4.39 Å². The number of hydrogen-bond donors (Lipinski definition) is 0. The molecule has 4 aromatic rings. The Labute approximate surface area is 191 Å². The highest BCUT2D eigenvalue weighted by Crippen LogP contribution is 2.32. The summed E-state index contributed by atoms with van der Waals surface area (Å²) in [5.74, 6) is -0.267. The van der Waals surface area contributed by atoms with E-state index in [1.165, 1.54) is 12.1 Å². The summed E-state index contributed by atoms with van der Waals surface area (Å²) in [6.07, 6.45) is 9.34. The van der Waals surface area contributed by atoms with Gasteiger partial charge in [-0.15, -0.1) is 0 Å². The Kier molecular flexibility index (Phi) is 5.93. The standard InChI is InChI=1S/C26H24FN5O/c27-22-8-2-5-19(14-22)15-23-16-28-17-24(30-23)25-9-3-12-32(25)26(33)21-7-1-6-20(13-21)18-31-11-4-10-29-31/h1-2,4-8,10-11,13-14,16-17,25H,3,9,12,15,18H2/t25-/m0/s1. The van der Waals surface area contributed by atoms with E-state index in [-0.39, 0.29) is 17.8 Å². The average Bonchev–Trinajstić information content (AvgIpc) is 3.51. The zero-order chi connectivity index (χ0) is 22.6. The first-order chi connectivity index (χ1) is 16.2. The topological polar surface area (TPSA) is 63.9 Å². The van der Waals surface area contributed by atoms with Crippen LogP contribution in [0.1, 0.15) is 51.8 Å². The van der Waals surface area contributed by atoms with Crippen molar-refractivity contribution in [2.75, 3.05) is 6.54 Å². The van der Waals surface area contributed by atoms with Gasteiger partial charge in [-0.05, 0) is 54.3 Å². The summed E-state index contributed by atoms with van der Waals surface area (Å²) in [7, 11) is 0. The molecule has 1 amide bonds. The van der Waals surface area contributed by atoms with Gasteiger partial charge in [0, 0.05) is 37.1 Å². The van der Waals surface area contributed by atoms with Crippen LogP contribution in [0.3, 0.4) is 0 Å². The van der Waals surface area contributed by atoms with Crippen molar-refractivity contribution in [2.45, 2.75) is 31.8 Å². The van der Waals surface area contributed by atoms with Crippen molar-refractivity contribution in [3.05, 3.63) is 113 Å². The van der Waals surface area contributed by atoms with Gasteiger partial charge in [0.25, 0.3) is 5.91 Å². The molecule has 33 heavy (non-hydrogen) atoms. The summed E-state index contributed by atoms with van der Waals surface area (Å²) < 4.78 is 15.4. The van der Waals surface area contributed by atoms with Crippen LogP contribution in [-0.4, -0.2) is 37.1 Å². The summed E-state index contributed by atoms with van der Waals surface area (Å²) in [6, 6.07) is 16.0. The van der Waals surface area contributed by atoms with Gasteiger partial charge in [-0.25, -0.2) is 4.39 Å². The van der Waals surface area contributed by atoms with Gasteiger partial charge in [0.15, 0.2) is 0 Å². The highest BCUT2D eigenvalue weighted by Gasteiger charge is 2.32. The highest BCUT2D eigenvalue weighted by molar-refractivity contribution is 5.94. The zero-order valence-corrected chi connectivity index (χ0v) is 18.1. The van der Waals surface area contributed by atoms with Crippen LogP contribution < -0.4 is 0 Å². The summed E-state index contributed by atoms with van der Waals surface area (Å²) >= 11 is 0. The predicted octanol–water partition coefficient (Wildman–Crippen LogP) is 4.43. The first kappa shape index (κ1) is 21.0. The van der Waals surface area contributed by atoms with Crippen molar-refractivity contribution in [1.29, 1.82) is 0 Å². The third-order valence-corrected chi connectivity index (χ3v) is 5.91. The van der Waals surface area contributed by atoms with E-state index in [0.717, 1.165) is 35.4 Å². The van der Waals surface area contributed by atoms with Crippen molar-refractivity contribution in [3.8, 4) is 0 Å². The molecule has 0 N–H and O–H groups in total. The van der Waals surface area contributed by atoms with Gasteiger partial charge < -0.3 is 4.90 Å². The van der Waals surface area contributed by atoms with Crippen LogP contribution in [0.2, 0.25) is 0 Å². The van der Waals surface area contributed by atoms with Crippen molar-refractivity contribution in [2.24, 2.45) is 0 Å². The monoisotopic (exact) mass is 441 g/mol. The van der Waals surface area contributed by atoms with E-state index < -0.39 is 0 Å². The first-order valence-electron chi connectivity index (χ1n) is 11.1. The molecule has 0 saturated carbocycles. The molecule has 2 aromatic carbocycles. The fraction of sp³-hybridized carbons (Fsp3) is 0.231. The number of rotatable bonds is 6. The number of likely N-dealkylation sites (tertiary alicyclic amines) is 1. The van der Waals surface area contributed by atoms with Crippen LogP contribution in [0, 0.1) is 5.82 Å². The molecule has 1 saturated heterocycles. The average molecular weight is 442 g/mol. The van der Waals surface area contributed by atoms with Gasteiger partial charge >= 0.3 is 0 Å². The van der Waals surface area contributed by atoms with Crippen molar-refractivity contribution >= 4 is 5.91 Å². The molecule has 0 bridgehead atoms. The van der Waals surface area contributed by atoms with E-state index in [0.29, 0.717) is 25.1 Å². The normalized spacial score (nSPS) is 15.7. The summed E-state index contributed by atoms with van der Waals surface area (Å²) in [6.45, 7) is 1.30. The third kappa shape index (κ3) is 4.82. The summed E-state index contributed by atoms with van der Waals surface area (Å²) in [4.78, 5) is 24.5. The largest absolute Gasteiger partial charge is 0.330 e. The number of carbonyl (C=O) groups excluding carboxylic acids is 1. The molecule has 0 radical (unpaired) electrons. The molecule has 5 rings (SSSR count). The van der Waals surface area contributed by atoms with Gasteiger partial charge in [-0.3, -0.25) is 19.4 Å². The van der Waals surface area contributed by atoms with Crippen LogP contribution in [-0.2, 0) is 13.0 Å². The second-order valence-corrected chi connectivity index (χ2v) is 8.30. The molecule has 1 atom stereocenters. The van der Waals surface area contributed by atoms with E-state index in [1.54, 1.807) is 24.7 Å². The molecule has 0 spiro atoms. The maximum absolute atomic E-state index is 13.5. The molecular weight excluding hydrogens is 417 g/mol. The quantitative estimate of drug-likeness (QED) is 0.444. The summed E-state index contributed by atoms with van der Waals surface area (Å²) in [5.41, 5.74) is 4.07. The fourth-order valence-corrected chi connectivity index (χ4v) is 4.39. The Hall–Kier alpha value is -3.87. The van der Waals surface area contributed by atoms with Gasteiger partial charge in [0.1, 0.15) is 5.82 Å². The first-order valence-corrected chi connectivity index (χ1v) is 11.1. The molecule has 166 valence electrons. The lowest BCUT2D eigenvalue weighted by atomic mass is 10.1. The fourth-order valence-electron chi connectivity index (χ4n) is 4.39. The van der Waals surface area contributed by atoms with E-state index in [4.69, 9.17) is 4.98 Å². The molecule has 2 aromatic heterocycles. The second kappa shape index (κ2) is 9.32. The third-order valence-electron chi connectivity index (χ3n) is 5.91. The van der Waals surface area contributed by atoms with E-state index in [1.807, 2.05) is 52.2 Å². The number of benzene rings is 2. The van der Waals surface area contributed by atoms with Crippen molar-refractivity contribution in [3.63, 3.8) is 0 Å². The molecule has 1 aliphatic rings. The van der Waals surface area contributed by atoms with Gasteiger partial charge in [0.2, 0.25) is 0 Å². The SMILES string of the molecule is O=C(c1cccc(Cn2cccn2)c1)N1CCC[C@H]1c1cncc(Cc2cccc(F)c2)n1. The minimum absolute atomic E-state index is 0.00264. The molecule has 6 nitrogen and oxygen atoms in total. The van der Waals surface area contributed by atoms with Crippen molar-refractivity contribution < 1.29 is 9.18 Å². The number of aromatic nitrogens is 4. The maximum Gasteiger partial charge on any atom is 0.254 e. The number of hydrogen-bond acceptors (Lipinski definition) is 4. The van der Waals surface area contributed by atoms with Crippen LogP contribution in [0.25, 0.3) is 0 Å². The Morgan fingerprint density at radius 1 is 1.06 bits per heavy atom. The molecule has 3 heterocycles. The molecule has 7 heteroatoms. The minimum Gasteiger partial charge on any atom is -0.330 e. The number of nitrogens with zero attached hydrogens (tertiary/aromatic N) is 5. The lowest BCUT2D eigenvalue weighted by molar-refractivity contribution is 0.0732. The maximum atomic E-state index is 13.5. The Morgan fingerprint density at radius 3 is 2.79 bits per heavy atom. The smallest absolute Gasteiger partial charge is 0.254 e. The Bertz CT molecular complexity index is 1260. The molecule has 0 aliphatic carbocycles. The van der Waals surface area contributed by atoms with E-state index in [9.17, 15) is 9.18 Å². The number of halogens is 1. The molecule has 0 unspecified atom stereocenters. The van der Waals surface area contributed by atoms with E-state index in [2.05, 4.69) is 10.1 Å². The number of amides is 1. The number of carbonyl (C=O) groups is 1. The van der Waals surface area contributed by atoms with Gasteiger partial charge in [0.05, 0.1) is 30.2 Å². The van der Waals surface area contributed by atoms with Gasteiger partial charge in [-0.1, -0.05) is 24.3 Å². The second-order valence-electron chi connectivity index (χ2n) is 8.30. The minimum atomic E-state index is -0.265. The molecular formula is C26H24FN5O. The predicted molar refractivity (Wildman–Crippen MR) is 122 cm³/mol.